The quantitative estimate of drug-likeness (QED) is 0.834. The average Bonchev–Trinajstić information content (AvgIpc) is 2.40. The summed E-state index contributed by atoms with van der Waals surface area (Å²) >= 11 is 6.24. The molecule has 2 rings (SSSR count). The van der Waals surface area contributed by atoms with Crippen LogP contribution < -0.4 is 10.2 Å². The molecule has 0 aliphatic carbocycles. The second-order valence-electron chi connectivity index (χ2n) is 4.51. The zero-order chi connectivity index (χ0) is 14.7. The molecule has 1 atom stereocenters. The highest BCUT2D eigenvalue weighted by Gasteiger charge is 2.28. The van der Waals surface area contributed by atoms with Crippen molar-refractivity contribution in [3.8, 4) is 0 Å². The van der Waals surface area contributed by atoms with Gasteiger partial charge >= 0.3 is 5.97 Å². The number of nitrogens with zero attached hydrogens (tertiary/aromatic N) is 1. The van der Waals surface area contributed by atoms with Gasteiger partial charge in [0, 0.05) is 19.2 Å². The Balaban J connectivity index is 2.44. The molecule has 0 aromatic heterocycles. The number of aliphatic carboxylic acids is 1. The van der Waals surface area contributed by atoms with Crippen molar-refractivity contribution >= 4 is 35.2 Å². The Morgan fingerprint density at radius 2 is 2.30 bits per heavy atom. The van der Waals surface area contributed by atoms with E-state index in [-0.39, 0.29) is 11.9 Å². The summed E-state index contributed by atoms with van der Waals surface area (Å²) in [5.74, 6) is -1.09. The van der Waals surface area contributed by atoms with E-state index in [9.17, 15) is 9.59 Å². The summed E-state index contributed by atoms with van der Waals surface area (Å²) in [7, 11) is 0. The maximum absolute atomic E-state index is 11.8. The number of carboxylic acid groups (broad SMARTS) is 1. The lowest BCUT2D eigenvalue weighted by Crippen LogP contribution is -2.54. The highest BCUT2D eigenvalue weighted by Crippen LogP contribution is 2.32. The molecule has 5 nitrogen and oxygen atoms in total. The smallest absolute Gasteiger partial charge is 0.328 e. The van der Waals surface area contributed by atoms with Crippen LogP contribution >= 0.6 is 11.6 Å². The van der Waals surface area contributed by atoms with Gasteiger partial charge in [-0.1, -0.05) is 23.7 Å². The van der Waals surface area contributed by atoms with Gasteiger partial charge in [-0.15, -0.1) is 0 Å². The van der Waals surface area contributed by atoms with Gasteiger partial charge in [0.15, 0.2) is 0 Å². The fourth-order valence-corrected chi connectivity index (χ4v) is 2.51. The second kappa shape index (κ2) is 5.96. The molecule has 106 valence electrons. The van der Waals surface area contributed by atoms with E-state index in [1.807, 2.05) is 4.90 Å². The van der Waals surface area contributed by atoms with Gasteiger partial charge in [0.05, 0.1) is 10.7 Å². The molecule has 6 heteroatoms. The van der Waals surface area contributed by atoms with Crippen LogP contribution in [-0.2, 0) is 9.59 Å². The number of nitrogens with one attached hydrogen (secondary N) is 1. The number of benzene rings is 1. The van der Waals surface area contributed by atoms with Gasteiger partial charge < -0.3 is 15.3 Å². The summed E-state index contributed by atoms with van der Waals surface area (Å²) in [6.45, 7) is 2.96. The third-order valence-electron chi connectivity index (χ3n) is 3.21. The Kier molecular flexibility index (Phi) is 4.29. The molecule has 1 saturated heterocycles. The van der Waals surface area contributed by atoms with Crippen LogP contribution in [-0.4, -0.2) is 36.1 Å². The zero-order valence-corrected chi connectivity index (χ0v) is 11.7. The first kappa shape index (κ1) is 14.4. The molecule has 1 aromatic carbocycles. The number of piperazine rings is 1. The molecule has 0 bridgehead atoms. The minimum absolute atomic E-state index is 0.0654. The van der Waals surface area contributed by atoms with Crippen molar-refractivity contribution < 1.29 is 14.7 Å². The fourth-order valence-electron chi connectivity index (χ4n) is 2.22. The van der Waals surface area contributed by atoms with Crippen LogP contribution in [0.3, 0.4) is 0 Å². The molecule has 20 heavy (non-hydrogen) atoms. The standard InChI is InChI=1S/C14H15ClN2O3/c1-9-14(20)16-7-8-17(9)13-10(5-6-12(18)19)3-2-4-11(13)15/h2-6,9H,7-8H2,1H3,(H,16,20)(H,18,19)/b6-5+. The molecule has 1 heterocycles. The third-order valence-corrected chi connectivity index (χ3v) is 3.51. The largest absolute Gasteiger partial charge is 0.478 e. The van der Waals surface area contributed by atoms with Crippen molar-refractivity contribution in [3.05, 3.63) is 34.9 Å². The van der Waals surface area contributed by atoms with Crippen LogP contribution in [0.2, 0.25) is 5.02 Å². The SMILES string of the molecule is CC1C(=O)NCCN1c1c(Cl)cccc1/C=C/C(=O)O. The second-order valence-corrected chi connectivity index (χ2v) is 4.92. The summed E-state index contributed by atoms with van der Waals surface area (Å²) in [4.78, 5) is 24.3. The Morgan fingerprint density at radius 3 is 3.00 bits per heavy atom. The minimum Gasteiger partial charge on any atom is -0.478 e. The van der Waals surface area contributed by atoms with Crippen molar-refractivity contribution in [2.24, 2.45) is 0 Å². The monoisotopic (exact) mass is 294 g/mol. The fraction of sp³-hybridized carbons (Fsp3) is 0.286. The van der Waals surface area contributed by atoms with E-state index in [1.165, 1.54) is 6.08 Å². The first-order chi connectivity index (χ1) is 9.50. The van der Waals surface area contributed by atoms with E-state index in [2.05, 4.69) is 5.32 Å². The van der Waals surface area contributed by atoms with E-state index in [4.69, 9.17) is 16.7 Å². The lowest BCUT2D eigenvalue weighted by atomic mass is 10.1. The lowest BCUT2D eigenvalue weighted by molar-refractivity contribution is -0.131. The Morgan fingerprint density at radius 1 is 1.55 bits per heavy atom. The van der Waals surface area contributed by atoms with Crippen molar-refractivity contribution in [3.63, 3.8) is 0 Å². The van der Waals surface area contributed by atoms with Gasteiger partial charge in [0.1, 0.15) is 6.04 Å². The highest BCUT2D eigenvalue weighted by molar-refractivity contribution is 6.33. The van der Waals surface area contributed by atoms with Crippen LogP contribution in [0, 0.1) is 0 Å². The normalized spacial score (nSPS) is 19.2. The van der Waals surface area contributed by atoms with E-state index >= 15 is 0 Å². The maximum Gasteiger partial charge on any atom is 0.328 e. The number of amides is 1. The number of hydrogen-bond acceptors (Lipinski definition) is 3. The summed E-state index contributed by atoms with van der Waals surface area (Å²) in [6.07, 6.45) is 2.55. The molecule has 1 unspecified atom stereocenters. The van der Waals surface area contributed by atoms with Gasteiger partial charge in [-0.25, -0.2) is 4.79 Å². The number of rotatable bonds is 3. The van der Waals surface area contributed by atoms with Crippen molar-refractivity contribution in [1.29, 1.82) is 0 Å². The number of carbonyl (C=O) groups is 2. The number of carboxylic acids is 1. The Labute approximate surface area is 121 Å². The molecule has 2 N–H and O–H groups in total. The number of halogens is 1. The number of anilines is 1. The predicted octanol–water partition coefficient (Wildman–Crippen LogP) is 1.76. The first-order valence-electron chi connectivity index (χ1n) is 6.24. The molecule has 1 fully saturated rings. The predicted molar refractivity (Wildman–Crippen MR) is 77.9 cm³/mol. The first-order valence-corrected chi connectivity index (χ1v) is 6.62. The van der Waals surface area contributed by atoms with E-state index in [0.29, 0.717) is 29.4 Å². The Hall–Kier alpha value is -2.01. The summed E-state index contributed by atoms with van der Waals surface area (Å²) in [6, 6.07) is 4.91. The van der Waals surface area contributed by atoms with Crippen molar-refractivity contribution in [2.75, 3.05) is 18.0 Å². The summed E-state index contributed by atoms with van der Waals surface area (Å²) in [5, 5.41) is 12.0. The topological polar surface area (TPSA) is 69.6 Å². The van der Waals surface area contributed by atoms with Crippen LogP contribution in [0.25, 0.3) is 6.08 Å². The molecule has 0 saturated carbocycles. The number of para-hydroxylation sites is 1. The van der Waals surface area contributed by atoms with Gasteiger partial charge in [0.2, 0.25) is 5.91 Å². The van der Waals surface area contributed by atoms with E-state index in [1.54, 1.807) is 25.1 Å². The van der Waals surface area contributed by atoms with Gasteiger partial charge in [-0.05, 0) is 24.6 Å². The molecular weight excluding hydrogens is 280 g/mol. The number of carbonyl (C=O) groups excluding carboxylic acids is 1. The molecule has 1 aromatic rings. The van der Waals surface area contributed by atoms with Crippen LogP contribution in [0.5, 0.6) is 0 Å². The summed E-state index contributed by atoms with van der Waals surface area (Å²) < 4.78 is 0. The molecule has 1 amide bonds. The minimum atomic E-state index is -1.03. The molecule has 1 aliphatic heterocycles. The molecule has 0 spiro atoms. The third kappa shape index (κ3) is 2.93. The van der Waals surface area contributed by atoms with Crippen molar-refractivity contribution in [2.45, 2.75) is 13.0 Å². The molecule has 0 radical (unpaired) electrons. The Bertz CT molecular complexity index is 572. The average molecular weight is 295 g/mol. The highest BCUT2D eigenvalue weighted by atomic mass is 35.5. The van der Waals surface area contributed by atoms with Gasteiger partial charge in [0.25, 0.3) is 0 Å². The number of hydrogen-bond donors (Lipinski definition) is 2. The van der Waals surface area contributed by atoms with Crippen LogP contribution in [0.4, 0.5) is 5.69 Å². The van der Waals surface area contributed by atoms with Crippen LogP contribution in [0.15, 0.2) is 24.3 Å². The van der Waals surface area contributed by atoms with Gasteiger partial charge in [-0.2, -0.15) is 0 Å². The summed E-state index contributed by atoms with van der Waals surface area (Å²) in [5.41, 5.74) is 1.37. The molecular formula is C14H15ClN2O3. The zero-order valence-electron chi connectivity index (χ0n) is 11.0. The van der Waals surface area contributed by atoms with Crippen molar-refractivity contribution in [1.82, 2.24) is 5.32 Å². The lowest BCUT2D eigenvalue weighted by Gasteiger charge is -2.36. The van der Waals surface area contributed by atoms with E-state index in [0.717, 1.165) is 6.08 Å². The molecule has 1 aliphatic rings. The van der Waals surface area contributed by atoms with Crippen LogP contribution in [0.1, 0.15) is 12.5 Å². The van der Waals surface area contributed by atoms with E-state index < -0.39 is 5.97 Å². The van der Waals surface area contributed by atoms with Gasteiger partial charge in [-0.3, -0.25) is 4.79 Å². The maximum atomic E-state index is 11.8.